The number of carbonyl (C=O) groups is 1. The first-order chi connectivity index (χ1) is 12.8. The van der Waals surface area contributed by atoms with Crippen molar-refractivity contribution in [3.05, 3.63) is 53.5 Å². The smallest absolute Gasteiger partial charge is 0.249 e. The number of anilines is 1. The Balaban J connectivity index is 1.50. The Hall–Kier alpha value is -2.32. The zero-order chi connectivity index (χ0) is 19.2. The lowest BCUT2D eigenvalue weighted by Gasteiger charge is -2.23. The van der Waals surface area contributed by atoms with Gasteiger partial charge in [-0.3, -0.25) is 9.10 Å². The van der Waals surface area contributed by atoms with E-state index in [0.717, 1.165) is 11.3 Å². The fourth-order valence-corrected chi connectivity index (χ4v) is 4.95. The number of nitrogens with zero attached hydrogens (tertiary/aromatic N) is 1. The Morgan fingerprint density at radius 2 is 2.07 bits per heavy atom. The largest absolute Gasteiger partial charge is 0.465 e. The number of fused-ring (bicyclic) bond motifs is 2. The van der Waals surface area contributed by atoms with Crippen molar-refractivity contribution >= 4 is 21.6 Å². The van der Waals surface area contributed by atoms with E-state index >= 15 is 0 Å². The summed E-state index contributed by atoms with van der Waals surface area (Å²) in [5.41, 5.74) is 1.10. The van der Waals surface area contributed by atoms with E-state index in [4.69, 9.17) is 9.15 Å². The number of benzene rings is 1. The van der Waals surface area contributed by atoms with Crippen LogP contribution in [0.25, 0.3) is 0 Å². The van der Waals surface area contributed by atoms with Crippen molar-refractivity contribution in [2.24, 2.45) is 0 Å². The molecule has 1 aromatic heterocycles. The zero-order valence-electron chi connectivity index (χ0n) is 15.3. The van der Waals surface area contributed by atoms with Gasteiger partial charge < -0.3 is 14.5 Å². The summed E-state index contributed by atoms with van der Waals surface area (Å²) in [5.74, 6) is 1.26. The number of carbonyl (C=O) groups excluding carboxylic acids is 1. The average molecular weight is 390 g/mol. The van der Waals surface area contributed by atoms with Crippen molar-refractivity contribution < 1.29 is 22.4 Å². The van der Waals surface area contributed by atoms with Gasteiger partial charge in [-0.1, -0.05) is 18.2 Å². The second kappa shape index (κ2) is 6.38. The molecular weight excluding hydrogens is 368 g/mol. The molecule has 1 N–H and O–H groups in total. The predicted octanol–water partition coefficient (Wildman–Crippen LogP) is 1.71. The van der Waals surface area contributed by atoms with E-state index < -0.39 is 21.5 Å². The molecule has 1 fully saturated rings. The van der Waals surface area contributed by atoms with E-state index in [1.807, 2.05) is 37.3 Å². The van der Waals surface area contributed by atoms with Crippen LogP contribution < -0.4 is 9.62 Å². The molecule has 1 saturated heterocycles. The molecular formula is C19H22N2O5S. The van der Waals surface area contributed by atoms with Crippen molar-refractivity contribution in [3.8, 4) is 0 Å². The highest BCUT2D eigenvalue weighted by molar-refractivity contribution is 7.92. The normalized spacial score (nSPS) is 24.4. The standard InChI is InChI=1S/C19H22N2O5S/c1-13-7-8-14(26-13)10-20-18(22)17-9-19(12-25-17)11-21(27(2,23)24)16-6-4-3-5-15(16)19/h3-8,17H,9-12H2,1-2H3,(H,20,22)/t17-,19-/m1/s1. The topological polar surface area (TPSA) is 88.9 Å². The Bertz CT molecular complexity index is 983. The van der Waals surface area contributed by atoms with Crippen molar-refractivity contribution in [1.82, 2.24) is 5.32 Å². The Kier molecular flexibility index (Phi) is 4.27. The lowest BCUT2D eigenvalue weighted by atomic mass is 9.80. The highest BCUT2D eigenvalue weighted by atomic mass is 32.2. The first-order valence-corrected chi connectivity index (χ1v) is 10.7. The number of hydrogen-bond acceptors (Lipinski definition) is 5. The molecule has 7 nitrogen and oxygen atoms in total. The van der Waals surface area contributed by atoms with Gasteiger partial charge in [-0.05, 0) is 37.1 Å². The molecule has 0 bridgehead atoms. The number of furan rings is 1. The molecule has 0 unspecified atom stereocenters. The minimum absolute atomic E-state index is 0.212. The number of ether oxygens (including phenoxy) is 1. The lowest BCUT2D eigenvalue weighted by Crippen LogP contribution is -2.38. The average Bonchev–Trinajstić information content (AvgIpc) is 3.32. The van der Waals surface area contributed by atoms with Crippen molar-refractivity contribution in [3.63, 3.8) is 0 Å². The molecule has 0 aliphatic carbocycles. The maximum atomic E-state index is 12.5. The minimum Gasteiger partial charge on any atom is -0.465 e. The summed E-state index contributed by atoms with van der Waals surface area (Å²) in [6.45, 7) is 2.76. The summed E-state index contributed by atoms with van der Waals surface area (Å²) >= 11 is 0. The number of sulfonamides is 1. The predicted molar refractivity (Wildman–Crippen MR) is 100.0 cm³/mol. The number of para-hydroxylation sites is 1. The van der Waals surface area contributed by atoms with Crippen molar-refractivity contribution in [2.45, 2.75) is 31.4 Å². The molecule has 27 heavy (non-hydrogen) atoms. The van der Waals surface area contributed by atoms with Gasteiger partial charge in [0.05, 0.1) is 25.1 Å². The van der Waals surface area contributed by atoms with Crippen LogP contribution in [0.2, 0.25) is 0 Å². The summed E-state index contributed by atoms with van der Waals surface area (Å²) in [7, 11) is -3.40. The van der Waals surface area contributed by atoms with E-state index in [-0.39, 0.29) is 5.91 Å². The summed E-state index contributed by atoms with van der Waals surface area (Å²) in [6, 6.07) is 11.1. The van der Waals surface area contributed by atoms with E-state index in [1.165, 1.54) is 10.6 Å². The van der Waals surface area contributed by atoms with E-state index in [0.29, 0.717) is 37.6 Å². The molecule has 144 valence electrons. The van der Waals surface area contributed by atoms with Gasteiger partial charge in [0, 0.05) is 12.0 Å². The van der Waals surface area contributed by atoms with Gasteiger partial charge >= 0.3 is 0 Å². The van der Waals surface area contributed by atoms with Crippen LogP contribution >= 0.6 is 0 Å². The molecule has 2 aromatic rings. The maximum absolute atomic E-state index is 12.5. The molecule has 3 heterocycles. The Morgan fingerprint density at radius 1 is 1.30 bits per heavy atom. The van der Waals surface area contributed by atoms with Crippen LogP contribution in [0.4, 0.5) is 5.69 Å². The van der Waals surface area contributed by atoms with Crippen LogP contribution in [0.5, 0.6) is 0 Å². The van der Waals surface area contributed by atoms with Crippen LogP contribution in [0.15, 0.2) is 40.8 Å². The van der Waals surface area contributed by atoms with E-state index in [2.05, 4.69) is 5.32 Å². The van der Waals surface area contributed by atoms with Crippen LogP contribution in [-0.2, 0) is 31.5 Å². The first kappa shape index (κ1) is 18.1. The monoisotopic (exact) mass is 390 g/mol. The van der Waals surface area contributed by atoms with Gasteiger partial charge in [0.1, 0.15) is 17.6 Å². The van der Waals surface area contributed by atoms with Gasteiger partial charge in [0.15, 0.2) is 0 Å². The molecule has 4 rings (SSSR count). The van der Waals surface area contributed by atoms with Gasteiger partial charge in [-0.25, -0.2) is 8.42 Å². The van der Waals surface area contributed by atoms with Crippen LogP contribution in [-0.4, -0.2) is 39.8 Å². The SMILES string of the molecule is Cc1ccc(CNC(=O)[C@H]2C[C@]3(CO2)CN(S(C)(=O)=O)c2ccccc23)o1. The summed E-state index contributed by atoms with van der Waals surface area (Å²) in [6.07, 6.45) is 1.03. The molecule has 2 atom stereocenters. The molecule has 0 saturated carbocycles. The first-order valence-electron chi connectivity index (χ1n) is 8.80. The van der Waals surface area contributed by atoms with E-state index in [1.54, 1.807) is 6.07 Å². The van der Waals surface area contributed by atoms with Gasteiger partial charge in [0.25, 0.3) is 0 Å². The molecule has 1 spiro atoms. The van der Waals surface area contributed by atoms with Crippen LogP contribution in [0, 0.1) is 6.92 Å². The maximum Gasteiger partial charge on any atom is 0.249 e. The van der Waals surface area contributed by atoms with Crippen LogP contribution in [0.1, 0.15) is 23.5 Å². The van der Waals surface area contributed by atoms with E-state index in [9.17, 15) is 13.2 Å². The molecule has 1 aromatic carbocycles. The number of hydrogen-bond donors (Lipinski definition) is 1. The zero-order valence-corrected chi connectivity index (χ0v) is 16.1. The minimum atomic E-state index is -3.40. The van der Waals surface area contributed by atoms with Crippen molar-refractivity contribution in [1.29, 1.82) is 0 Å². The molecule has 0 radical (unpaired) electrons. The summed E-state index contributed by atoms with van der Waals surface area (Å²) in [5, 5.41) is 2.84. The third-order valence-electron chi connectivity index (χ3n) is 5.25. The van der Waals surface area contributed by atoms with Crippen LogP contribution in [0.3, 0.4) is 0 Å². The van der Waals surface area contributed by atoms with Gasteiger partial charge in [-0.15, -0.1) is 0 Å². The highest BCUT2D eigenvalue weighted by Gasteiger charge is 2.52. The van der Waals surface area contributed by atoms with Gasteiger partial charge in [-0.2, -0.15) is 0 Å². The fourth-order valence-electron chi connectivity index (χ4n) is 3.95. The third-order valence-corrected chi connectivity index (χ3v) is 6.38. The number of nitrogens with one attached hydrogen (secondary N) is 1. The number of aryl methyl sites for hydroxylation is 1. The molecule has 2 aliphatic heterocycles. The molecule has 8 heteroatoms. The Morgan fingerprint density at radius 3 is 2.78 bits per heavy atom. The van der Waals surface area contributed by atoms with Gasteiger partial charge in [0.2, 0.25) is 15.9 Å². The Labute approximate surface area is 158 Å². The molecule has 2 aliphatic rings. The summed E-state index contributed by atoms with van der Waals surface area (Å²) in [4.78, 5) is 12.5. The quantitative estimate of drug-likeness (QED) is 0.859. The second-order valence-corrected chi connectivity index (χ2v) is 9.21. The second-order valence-electron chi connectivity index (χ2n) is 7.30. The van der Waals surface area contributed by atoms with Crippen molar-refractivity contribution in [2.75, 3.05) is 23.7 Å². The summed E-state index contributed by atoms with van der Waals surface area (Å²) < 4.78 is 37.1. The third kappa shape index (κ3) is 3.23. The number of rotatable bonds is 4. The fraction of sp³-hybridized carbons (Fsp3) is 0.421. The molecule has 1 amide bonds. The number of amides is 1. The highest BCUT2D eigenvalue weighted by Crippen LogP contribution is 2.48. The lowest BCUT2D eigenvalue weighted by molar-refractivity contribution is -0.130.